The number of carbonyl (C=O) groups is 1. The molecule has 2 aromatic carbocycles. The minimum absolute atomic E-state index is 0.0541. The molecule has 6 nitrogen and oxygen atoms in total. The number of methoxy groups -OCH3 is 1. The average molecular weight is 397 g/mol. The number of anilines is 1. The van der Waals surface area contributed by atoms with Gasteiger partial charge in [-0.3, -0.25) is 10.1 Å². The summed E-state index contributed by atoms with van der Waals surface area (Å²) in [5, 5.41) is 3.86. The molecule has 0 spiro atoms. The number of aromatic nitrogens is 2. The van der Waals surface area contributed by atoms with E-state index in [2.05, 4.69) is 10.3 Å². The monoisotopic (exact) mass is 396 g/mol. The van der Waals surface area contributed by atoms with Crippen molar-refractivity contribution in [2.24, 2.45) is 0 Å². The molecule has 0 radical (unpaired) electrons. The number of piperazine rings is 1. The van der Waals surface area contributed by atoms with Crippen molar-refractivity contribution < 1.29 is 9.53 Å². The van der Waals surface area contributed by atoms with Crippen LogP contribution in [0, 0.1) is 0 Å². The van der Waals surface area contributed by atoms with Crippen LogP contribution in [0.15, 0.2) is 60.9 Å². The van der Waals surface area contributed by atoms with Crippen molar-refractivity contribution >= 4 is 23.2 Å². The maximum atomic E-state index is 13.2. The Morgan fingerprint density at radius 3 is 2.75 bits per heavy atom. The van der Waals surface area contributed by atoms with Gasteiger partial charge in [0.1, 0.15) is 17.6 Å². The maximum absolute atomic E-state index is 13.2. The minimum Gasteiger partial charge on any atom is -0.497 e. The number of nitrogens with one attached hydrogen (secondary N) is 1. The second kappa shape index (κ2) is 8.04. The molecule has 7 heteroatoms. The molecule has 0 bridgehead atoms. The van der Waals surface area contributed by atoms with E-state index in [1.807, 2.05) is 53.2 Å². The van der Waals surface area contributed by atoms with Crippen LogP contribution in [-0.4, -0.2) is 35.7 Å². The summed E-state index contributed by atoms with van der Waals surface area (Å²) >= 11 is 6.31. The van der Waals surface area contributed by atoms with Gasteiger partial charge < -0.3 is 14.2 Å². The Morgan fingerprint density at radius 2 is 2.00 bits per heavy atom. The van der Waals surface area contributed by atoms with Crippen molar-refractivity contribution in [3.63, 3.8) is 0 Å². The third-order valence-electron chi connectivity index (χ3n) is 4.86. The first-order chi connectivity index (χ1) is 13.7. The van der Waals surface area contributed by atoms with E-state index in [0.29, 0.717) is 30.5 Å². The van der Waals surface area contributed by atoms with Gasteiger partial charge in [0.05, 0.1) is 17.8 Å². The normalized spacial score (nSPS) is 17.0. The second-order valence-corrected chi connectivity index (χ2v) is 7.00. The van der Waals surface area contributed by atoms with Crippen molar-refractivity contribution in [3.8, 4) is 5.75 Å². The molecule has 2 heterocycles. The summed E-state index contributed by atoms with van der Waals surface area (Å²) in [7, 11) is 1.65. The Kier molecular flexibility index (Phi) is 5.32. The van der Waals surface area contributed by atoms with Gasteiger partial charge in [-0.05, 0) is 29.8 Å². The number of imidazole rings is 1. The number of halogens is 1. The highest BCUT2D eigenvalue weighted by molar-refractivity contribution is 6.33. The molecule has 0 aliphatic carbocycles. The smallest absolute Gasteiger partial charge is 0.252 e. The second-order valence-electron chi connectivity index (χ2n) is 6.59. The highest BCUT2D eigenvalue weighted by atomic mass is 35.5. The molecule has 1 saturated heterocycles. The van der Waals surface area contributed by atoms with E-state index < -0.39 is 6.04 Å². The lowest BCUT2D eigenvalue weighted by molar-refractivity contribution is -0.122. The molecular weight excluding hydrogens is 376 g/mol. The molecule has 28 heavy (non-hydrogen) atoms. The summed E-state index contributed by atoms with van der Waals surface area (Å²) in [4.78, 5) is 19.4. The average Bonchev–Trinajstić information content (AvgIpc) is 3.17. The number of ether oxygens (including phenoxy) is 1. The Balaban J connectivity index is 1.58. The topological polar surface area (TPSA) is 59.4 Å². The van der Waals surface area contributed by atoms with Gasteiger partial charge >= 0.3 is 0 Å². The van der Waals surface area contributed by atoms with Crippen molar-refractivity contribution in [1.82, 2.24) is 14.9 Å². The van der Waals surface area contributed by atoms with E-state index in [0.717, 1.165) is 17.0 Å². The number of nitrogens with zero attached hydrogens (tertiary/aromatic N) is 3. The van der Waals surface area contributed by atoms with Gasteiger partial charge in [-0.15, -0.1) is 0 Å². The largest absolute Gasteiger partial charge is 0.497 e. The van der Waals surface area contributed by atoms with E-state index >= 15 is 0 Å². The standard InChI is InChI=1S/C21H21ClN4O2/c1-28-16-8-6-15(7-9-16)14-25-12-10-24-20(25)19-21(27)26(13-11-23-19)18-5-3-2-4-17(18)22/h2-10,12,19,23H,11,13-14H2,1H3. The first-order valence-corrected chi connectivity index (χ1v) is 9.48. The van der Waals surface area contributed by atoms with Crippen LogP contribution in [0.3, 0.4) is 0 Å². The molecule has 1 unspecified atom stereocenters. The summed E-state index contributed by atoms with van der Waals surface area (Å²) in [5.74, 6) is 1.45. The molecule has 1 amide bonds. The molecule has 0 saturated carbocycles. The third kappa shape index (κ3) is 3.61. The summed E-state index contributed by atoms with van der Waals surface area (Å²) in [5.41, 5.74) is 1.83. The summed E-state index contributed by atoms with van der Waals surface area (Å²) in [6.45, 7) is 1.85. The van der Waals surface area contributed by atoms with Crippen LogP contribution >= 0.6 is 11.6 Å². The van der Waals surface area contributed by atoms with Gasteiger partial charge in [-0.2, -0.15) is 0 Å². The van der Waals surface area contributed by atoms with Gasteiger partial charge in [-0.1, -0.05) is 35.9 Å². The predicted molar refractivity (Wildman–Crippen MR) is 109 cm³/mol. The molecule has 144 valence electrons. The van der Waals surface area contributed by atoms with Crippen LogP contribution in [0.5, 0.6) is 5.75 Å². The van der Waals surface area contributed by atoms with Gasteiger partial charge in [0.25, 0.3) is 5.91 Å². The SMILES string of the molecule is COc1ccc(Cn2ccnc2C2NCCN(c3ccccc3Cl)C2=O)cc1. The van der Waals surface area contributed by atoms with Gasteiger partial charge in [0.2, 0.25) is 0 Å². The lowest BCUT2D eigenvalue weighted by atomic mass is 10.1. The Bertz CT molecular complexity index is 971. The Hall–Kier alpha value is -2.83. The molecule has 1 fully saturated rings. The Morgan fingerprint density at radius 1 is 1.21 bits per heavy atom. The molecule has 1 atom stereocenters. The number of para-hydroxylation sites is 1. The van der Waals surface area contributed by atoms with Gasteiger partial charge in [0, 0.05) is 32.0 Å². The van der Waals surface area contributed by atoms with Gasteiger partial charge in [-0.25, -0.2) is 4.98 Å². The first kappa shape index (κ1) is 18.5. The van der Waals surface area contributed by atoms with E-state index in [1.165, 1.54) is 0 Å². The molecule has 1 aliphatic heterocycles. The highest BCUT2D eigenvalue weighted by Crippen LogP contribution is 2.29. The molecule has 4 rings (SSSR count). The summed E-state index contributed by atoms with van der Waals surface area (Å²) in [6.07, 6.45) is 3.62. The number of rotatable bonds is 5. The van der Waals surface area contributed by atoms with Crippen LogP contribution < -0.4 is 15.0 Å². The number of benzene rings is 2. The number of carbonyl (C=O) groups excluding carboxylic acids is 1. The molecule has 1 N–H and O–H groups in total. The van der Waals surface area contributed by atoms with Crippen molar-refractivity contribution in [1.29, 1.82) is 0 Å². The fourth-order valence-corrected chi connectivity index (χ4v) is 3.67. The molecular formula is C21H21ClN4O2. The van der Waals surface area contributed by atoms with Gasteiger partial charge in [0.15, 0.2) is 0 Å². The maximum Gasteiger partial charge on any atom is 0.252 e. The quantitative estimate of drug-likeness (QED) is 0.719. The van der Waals surface area contributed by atoms with Crippen LogP contribution in [0.2, 0.25) is 5.02 Å². The fourth-order valence-electron chi connectivity index (χ4n) is 3.43. The van der Waals surface area contributed by atoms with Crippen LogP contribution in [-0.2, 0) is 11.3 Å². The van der Waals surface area contributed by atoms with Crippen LogP contribution in [0.25, 0.3) is 0 Å². The number of hydrogen-bond donors (Lipinski definition) is 1. The fraction of sp³-hybridized carbons (Fsp3) is 0.238. The zero-order valence-corrected chi connectivity index (χ0v) is 16.3. The molecule has 1 aromatic heterocycles. The van der Waals surface area contributed by atoms with Crippen LogP contribution in [0.4, 0.5) is 5.69 Å². The number of hydrogen-bond acceptors (Lipinski definition) is 4. The zero-order valence-electron chi connectivity index (χ0n) is 15.5. The minimum atomic E-state index is -0.515. The molecule has 1 aliphatic rings. The van der Waals surface area contributed by atoms with E-state index in [-0.39, 0.29) is 5.91 Å². The summed E-state index contributed by atoms with van der Waals surface area (Å²) < 4.78 is 7.20. The number of amides is 1. The lowest BCUT2D eigenvalue weighted by Gasteiger charge is -2.33. The Labute approximate surface area is 168 Å². The van der Waals surface area contributed by atoms with E-state index in [4.69, 9.17) is 16.3 Å². The summed E-state index contributed by atoms with van der Waals surface area (Å²) in [6, 6.07) is 14.8. The third-order valence-corrected chi connectivity index (χ3v) is 5.18. The lowest BCUT2D eigenvalue weighted by Crippen LogP contribution is -2.51. The van der Waals surface area contributed by atoms with E-state index in [1.54, 1.807) is 24.3 Å². The van der Waals surface area contributed by atoms with Crippen molar-refractivity contribution in [2.75, 3.05) is 25.1 Å². The highest BCUT2D eigenvalue weighted by Gasteiger charge is 2.34. The predicted octanol–water partition coefficient (Wildman–Crippen LogP) is 3.27. The zero-order chi connectivity index (χ0) is 19.5. The van der Waals surface area contributed by atoms with E-state index in [9.17, 15) is 4.79 Å². The van der Waals surface area contributed by atoms with Crippen molar-refractivity contribution in [2.45, 2.75) is 12.6 Å². The molecule has 3 aromatic rings. The van der Waals surface area contributed by atoms with Crippen LogP contribution in [0.1, 0.15) is 17.4 Å². The van der Waals surface area contributed by atoms with Crippen molar-refractivity contribution in [3.05, 3.63) is 77.3 Å². The first-order valence-electron chi connectivity index (χ1n) is 9.10.